The number of hydrogen-bond donors (Lipinski definition) is 2. The van der Waals surface area contributed by atoms with Crippen LogP contribution in [0.3, 0.4) is 0 Å². The van der Waals surface area contributed by atoms with Gasteiger partial charge in [0.25, 0.3) is 0 Å². The van der Waals surface area contributed by atoms with Gasteiger partial charge in [-0.1, -0.05) is 19.8 Å². The fraction of sp³-hybridized carbons (Fsp3) is 0.923. The van der Waals surface area contributed by atoms with E-state index < -0.39 is 0 Å². The Morgan fingerprint density at radius 3 is 2.47 bits per heavy atom. The van der Waals surface area contributed by atoms with E-state index in [1.54, 1.807) is 4.90 Å². The van der Waals surface area contributed by atoms with Crippen molar-refractivity contribution in [3.05, 3.63) is 0 Å². The van der Waals surface area contributed by atoms with Gasteiger partial charge in [-0.2, -0.15) is 0 Å². The fourth-order valence-electron chi connectivity index (χ4n) is 2.71. The third-order valence-corrected chi connectivity index (χ3v) is 4.09. The first-order valence-corrected chi connectivity index (χ1v) is 6.99. The fourth-order valence-corrected chi connectivity index (χ4v) is 2.71. The summed E-state index contributed by atoms with van der Waals surface area (Å²) in [6.45, 7) is 3.89. The van der Waals surface area contributed by atoms with Crippen LogP contribution in [0.1, 0.15) is 45.4 Å². The highest BCUT2D eigenvalue weighted by Crippen LogP contribution is 2.34. The van der Waals surface area contributed by atoms with E-state index in [-0.39, 0.29) is 6.03 Å². The van der Waals surface area contributed by atoms with Crippen molar-refractivity contribution in [3.63, 3.8) is 0 Å². The first-order chi connectivity index (χ1) is 8.19. The van der Waals surface area contributed by atoms with Gasteiger partial charge >= 0.3 is 6.03 Å². The van der Waals surface area contributed by atoms with Crippen molar-refractivity contribution in [1.82, 2.24) is 10.2 Å². The van der Waals surface area contributed by atoms with Gasteiger partial charge in [0.05, 0.1) is 0 Å². The van der Waals surface area contributed by atoms with E-state index in [0.29, 0.717) is 12.1 Å². The van der Waals surface area contributed by atoms with Gasteiger partial charge in [-0.3, -0.25) is 0 Å². The van der Waals surface area contributed by atoms with Gasteiger partial charge in [0.15, 0.2) is 0 Å². The van der Waals surface area contributed by atoms with E-state index >= 15 is 0 Å². The van der Waals surface area contributed by atoms with Crippen molar-refractivity contribution in [3.8, 4) is 0 Å². The molecule has 0 bridgehead atoms. The van der Waals surface area contributed by atoms with Crippen LogP contribution in [0.4, 0.5) is 4.79 Å². The monoisotopic (exact) mass is 239 g/mol. The van der Waals surface area contributed by atoms with Gasteiger partial charge in [0, 0.05) is 25.2 Å². The summed E-state index contributed by atoms with van der Waals surface area (Å²) in [4.78, 5) is 12.8. The molecule has 0 spiro atoms. The molecule has 0 radical (unpaired) electrons. The minimum Gasteiger partial charge on any atom is -0.351 e. The second kappa shape index (κ2) is 5.71. The topological polar surface area (TPSA) is 58.4 Å². The van der Waals surface area contributed by atoms with E-state index in [1.165, 1.54) is 25.7 Å². The van der Waals surface area contributed by atoms with Crippen molar-refractivity contribution < 1.29 is 4.79 Å². The first-order valence-electron chi connectivity index (χ1n) is 6.99. The maximum Gasteiger partial charge on any atom is 0.314 e. The molecule has 98 valence electrons. The second-order valence-corrected chi connectivity index (χ2v) is 5.55. The number of primary amides is 1. The standard InChI is InChI=1S/C13H25N3O/c1-2-11(9-10-3-4-10)15-12-5-7-16(8-6-12)13(14)17/h10-12,15H,2-9H2,1H3,(H2,14,17). The molecule has 2 aliphatic rings. The Kier molecular flexibility index (Phi) is 4.26. The van der Waals surface area contributed by atoms with Gasteiger partial charge < -0.3 is 16.0 Å². The summed E-state index contributed by atoms with van der Waals surface area (Å²) in [7, 11) is 0. The molecule has 2 rings (SSSR count). The lowest BCUT2D eigenvalue weighted by Crippen LogP contribution is -2.49. The highest BCUT2D eigenvalue weighted by Gasteiger charge is 2.27. The summed E-state index contributed by atoms with van der Waals surface area (Å²) >= 11 is 0. The van der Waals surface area contributed by atoms with Crippen molar-refractivity contribution in [1.29, 1.82) is 0 Å². The largest absolute Gasteiger partial charge is 0.351 e. The van der Waals surface area contributed by atoms with E-state index in [4.69, 9.17) is 5.73 Å². The second-order valence-electron chi connectivity index (χ2n) is 5.55. The Morgan fingerprint density at radius 1 is 1.35 bits per heavy atom. The number of rotatable bonds is 5. The molecule has 1 saturated heterocycles. The van der Waals surface area contributed by atoms with Crippen LogP contribution in [0.2, 0.25) is 0 Å². The molecule has 3 N–H and O–H groups in total. The van der Waals surface area contributed by atoms with Crippen molar-refractivity contribution >= 4 is 6.03 Å². The minimum absolute atomic E-state index is 0.270. The number of nitrogens with zero attached hydrogens (tertiary/aromatic N) is 1. The van der Waals surface area contributed by atoms with E-state index in [1.807, 2.05) is 0 Å². The van der Waals surface area contributed by atoms with E-state index in [9.17, 15) is 4.79 Å². The highest BCUT2D eigenvalue weighted by atomic mass is 16.2. The Hall–Kier alpha value is -0.770. The molecule has 4 heteroatoms. The Morgan fingerprint density at radius 2 is 2.00 bits per heavy atom. The zero-order valence-electron chi connectivity index (χ0n) is 10.8. The molecule has 4 nitrogen and oxygen atoms in total. The molecule has 1 unspecified atom stereocenters. The van der Waals surface area contributed by atoms with E-state index in [2.05, 4.69) is 12.2 Å². The maximum absolute atomic E-state index is 11.0. The number of hydrogen-bond acceptors (Lipinski definition) is 2. The normalized spacial score (nSPS) is 23.7. The Balaban J connectivity index is 1.70. The average molecular weight is 239 g/mol. The molecule has 0 aromatic carbocycles. The lowest BCUT2D eigenvalue weighted by Gasteiger charge is -2.33. The molecule has 2 amide bonds. The average Bonchev–Trinajstić information content (AvgIpc) is 3.13. The number of piperidine rings is 1. The van der Waals surface area contributed by atoms with Crippen LogP contribution in [0, 0.1) is 5.92 Å². The number of amides is 2. The minimum atomic E-state index is -0.270. The molecule has 1 aliphatic heterocycles. The first kappa shape index (κ1) is 12.7. The quantitative estimate of drug-likeness (QED) is 0.767. The summed E-state index contributed by atoms with van der Waals surface area (Å²) in [5.41, 5.74) is 5.28. The predicted octanol–water partition coefficient (Wildman–Crippen LogP) is 1.70. The molecule has 1 atom stereocenters. The van der Waals surface area contributed by atoms with Gasteiger partial charge in [0.1, 0.15) is 0 Å². The summed E-state index contributed by atoms with van der Waals surface area (Å²) in [5.74, 6) is 0.984. The number of nitrogens with one attached hydrogen (secondary N) is 1. The number of carbonyl (C=O) groups excluding carboxylic acids is 1. The molecule has 1 saturated carbocycles. The Bertz CT molecular complexity index is 257. The van der Waals surface area contributed by atoms with Gasteiger partial charge in [-0.15, -0.1) is 0 Å². The maximum atomic E-state index is 11.0. The molecule has 1 aliphatic carbocycles. The molecular weight excluding hydrogens is 214 g/mol. The third kappa shape index (κ3) is 3.87. The predicted molar refractivity (Wildman–Crippen MR) is 68.7 cm³/mol. The van der Waals surface area contributed by atoms with E-state index in [0.717, 1.165) is 31.8 Å². The van der Waals surface area contributed by atoms with Crippen LogP contribution in [0.5, 0.6) is 0 Å². The zero-order chi connectivity index (χ0) is 12.3. The van der Waals surface area contributed by atoms with Crippen LogP contribution in [-0.4, -0.2) is 36.1 Å². The van der Waals surface area contributed by atoms with Crippen LogP contribution >= 0.6 is 0 Å². The summed E-state index contributed by atoms with van der Waals surface area (Å²) in [6.07, 6.45) is 7.50. The van der Waals surface area contributed by atoms with Crippen LogP contribution in [0.25, 0.3) is 0 Å². The number of likely N-dealkylation sites (tertiary alicyclic amines) is 1. The third-order valence-electron chi connectivity index (χ3n) is 4.09. The lowest BCUT2D eigenvalue weighted by atomic mass is 10.0. The number of carbonyl (C=O) groups is 1. The van der Waals surface area contributed by atoms with Crippen molar-refractivity contribution in [2.45, 2.75) is 57.5 Å². The van der Waals surface area contributed by atoms with Crippen molar-refractivity contribution in [2.75, 3.05) is 13.1 Å². The number of nitrogens with two attached hydrogens (primary N) is 1. The van der Waals surface area contributed by atoms with Crippen LogP contribution in [0.15, 0.2) is 0 Å². The van der Waals surface area contributed by atoms with Gasteiger partial charge in [-0.25, -0.2) is 4.79 Å². The van der Waals surface area contributed by atoms with Gasteiger partial charge in [0.2, 0.25) is 0 Å². The Labute approximate surface area is 104 Å². The highest BCUT2D eigenvalue weighted by molar-refractivity contribution is 5.72. The molecule has 0 aromatic rings. The van der Waals surface area contributed by atoms with Crippen LogP contribution < -0.4 is 11.1 Å². The smallest absolute Gasteiger partial charge is 0.314 e. The lowest BCUT2D eigenvalue weighted by molar-refractivity contribution is 0.181. The zero-order valence-corrected chi connectivity index (χ0v) is 10.8. The molecular formula is C13H25N3O. The van der Waals surface area contributed by atoms with Crippen molar-refractivity contribution in [2.24, 2.45) is 11.7 Å². The molecule has 1 heterocycles. The summed E-state index contributed by atoms with van der Waals surface area (Å²) in [5, 5.41) is 3.76. The molecule has 17 heavy (non-hydrogen) atoms. The number of urea groups is 1. The van der Waals surface area contributed by atoms with Gasteiger partial charge in [-0.05, 0) is 31.6 Å². The van der Waals surface area contributed by atoms with Crippen LogP contribution in [-0.2, 0) is 0 Å². The summed E-state index contributed by atoms with van der Waals surface area (Å²) < 4.78 is 0. The molecule has 2 fully saturated rings. The SMILES string of the molecule is CCC(CC1CC1)NC1CCN(C(N)=O)CC1. The summed E-state index contributed by atoms with van der Waals surface area (Å²) in [6, 6.07) is 0.982. The molecule has 0 aromatic heterocycles.